The summed E-state index contributed by atoms with van der Waals surface area (Å²) in [5.74, 6) is 0.966. The van der Waals surface area contributed by atoms with E-state index in [1.807, 2.05) is 6.07 Å². The number of hydrogen-bond donors (Lipinski definition) is 1. The van der Waals surface area contributed by atoms with Crippen molar-refractivity contribution in [2.75, 3.05) is 31.6 Å². The molecule has 1 aromatic rings. The summed E-state index contributed by atoms with van der Waals surface area (Å²) in [6.07, 6.45) is 2.81. The molecule has 0 bridgehead atoms. The van der Waals surface area contributed by atoms with Crippen LogP contribution in [-0.2, 0) is 11.3 Å². The third kappa shape index (κ3) is 4.48. The van der Waals surface area contributed by atoms with Gasteiger partial charge in [0.25, 0.3) is 0 Å². The fourth-order valence-electron chi connectivity index (χ4n) is 2.46. The van der Waals surface area contributed by atoms with E-state index in [2.05, 4.69) is 41.2 Å². The van der Waals surface area contributed by atoms with Gasteiger partial charge in [-0.3, -0.25) is 4.90 Å². The summed E-state index contributed by atoms with van der Waals surface area (Å²) in [6, 6.07) is 6.18. The molecule has 4 heteroatoms. The summed E-state index contributed by atoms with van der Waals surface area (Å²) in [7, 11) is 0. The average molecular weight is 263 g/mol. The van der Waals surface area contributed by atoms with E-state index < -0.39 is 0 Å². The van der Waals surface area contributed by atoms with Gasteiger partial charge >= 0.3 is 0 Å². The van der Waals surface area contributed by atoms with Crippen LogP contribution >= 0.6 is 0 Å². The van der Waals surface area contributed by atoms with Crippen molar-refractivity contribution in [2.45, 2.75) is 39.3 Å². The van der Waals surface area contributed by atoms with Crippen molar-refractivity contribution < 1.29 is 4.74 Å². The molecule has 1 atom stereocenters. The zero-order valence-electron chi connectivity index (χ0n) is 12.1. The molecule has 0 amide bonds. The molecule has 1 N–H and O–H groups in total. The molecule has 2 heterocycles. The van der Waals surface area contributed by atoms with Crippen molar-refractivity contribution >= 4 is 5.82 Å². The second-order valence-electron chi connectivity index (χ2n) is 5.01. The van der Waals surface area contributed by atoms with Gasteiger partial charge in [0.2, 0.25) is 0 Å². The molecule has 0 saturated carbocycles. The first-order chi connectivity index (χ1) is 9.31. The van der Waals surface area contributed by atoms with Crippen LogP contribution < -0.4 is 5.32 Å². The summed E-state index contributed by atoms with van der Waals surface area (Å²) in [5, 5.41) is 3.26. The Morgan fingerprint density at radius 1 is 1.42 bits per heavy atom. The fourth-order valence-corrected chi connectivity index (χ4v) is 2.46. The Labute approximate surface area is 116 Å². The maximum absolute atomic E-state index is 5.71. The highest BCUT2D eigenvalue weighted by Gasteiger charge is 2.18. The molecule has 1 aliphatic heterocycles. The van der Waals surface area contributed by atoms with Crippen molar-refractivity contribution in [3.8, 4) is 0 Å². The topological polar surface area (TPSA) is 37.4 Å². The minimum absolute atomic E-state index is 0.414. The van der Waals surface area contributed by atoms with Gasteiger partial charge in [0, 0.05) is 26.2 Å². The minimum atomic E-state index is 0.414. The van der Waals surface area contributed by atoms with E-state index in [1.165, 1.54) is 12.8 Å². The van der Waals surface area contributed by atoms with E-state index in [4.69, 9.17) is 4.74 Å². The molecule has 1 aromatic heterocycles. The first-order valence-corrected chi connectivity index (χ1v) is 7.35. The maximum atomic E-state index is 5.71. The summed E-state index contributed by atoms with van der Waals surface area (Å²) < 4.78 is 5.71. The maximum Gasteiger partial charge on any atom is 0.126 e. The van der Waals surface area contributed by atoms with Crippen LogP contribution in [-0.4, -0.2) is 42.2 Å². The quantitative estimate of drug-likeness (QED) is 0.820. The lowest BCUT2D eigenvalue weighted by atomic mass is 10.2. The number of anilines is 1. The first kappa shape index (κ1) is 14.3. The van der Waals surface area contributed by atoms with Gasteiger partial charge in [-0.25, -0.2) is 4.98 Å². The smallest absolute Gasteiger partial charge is 0.126 e. The van der Waals surface area contributed by atoms with Crippen molar-refractivity contribution in [1.82, 2.24) is 9.88 Å². The van der Waals surface area contributed by atoms with Crippen LogP contribution in [0.2, 0.25) is 0 Å². The van der Waals surface area contributed by atoms with Crippen LogP contribution in [0.3, 0.4) is 0 Å². The lowest BCUT2D eigenvalue weighted by Crippen LogP contribution is -2.32. The summed E-state index contributed by atoms with van der Waals surface area (Å²) >= 11 is 0. The molecule has 2 rings (SSSR count). The molecular formula is C15H25N3O. The van der Waals surface area contributed by atoms with Gasteiger partial charge in [0.15, 0.2) is 0 Å². The highest BCUT2D eigenvalue weighted by Crippen LogP contribution is 2.15. The van der Waals surface area contributed by atoms with Crippen molar-refractivity contribution in [2.24, 2.45) is 0 Å². The number of likely N-dealkylation sites (N-methyl/N-ethyl adjacent to an activating group) is 1. The molecular weight excluding hydrogens is 238 g/mol. The van der Waals surface area contributed by atoms with Crippen LogP contribution in [0.4, 0.5) is 5.82 Å². The van der Waals surface area contributed by atoms with Gasteiger partial charge in [-0.1, -0.05) is 13.0 Å². The van der Waals surface area contributed by atoms with E-state index in [0.29, 0.717) is 6.10 Å². The van der Waals surface area contributed by atoms with Crippen LogP contribution in [0.5, 0.6) is 0 Å². The predicted molar refractivity (Wildman–Crippen MR) is 78.3 cm³/mol. The molecule has 1 unspecified atom stereocenters. The third-order valence-corrected chi connectivity index (χ3v) is 3.48. The lowest BCUT2D eigenvalue weighted by Gasteiger charge is -2.23. The number of hydrogen-bond acceptors (Lipinski definition) is 4. The number of aromatic nitrogens is 1. The Balaban J connectivity index is 1.91. The molecule has 0 aliphatic carbocycles. The van der Waals surface area contributed by atoms with Gasteiger partial charge in [0.05, 0.1) is 11.8 Å². The number of rotatable bonds is 7. The van der Waals surface area contributed by atoms with Gasteiger partial charge in [-0.05, 0) is 38.4 Å². The highest BCUT2D eigenvalue weighted by atomic mass is 16.5. The molecule has 1 fully saturated rings. The third-order valence-electron chi connectivity index (χ3n) is 3.48. The number of nitrogens with zero attached hydrogens (tertiary/aromatic N) is 2. The largest absolute Gasteiger partial charge is 0.377 e. The summed E-state index contributed by atoms with van der Waals surface area (Å²) in [4.78, 5) is 7.04. The molecule has 4 nitrogen and oxygen atoms in total. The van der Waals surface area contributed by atoms with Crippen LogP contribution in [0.15, 0.2) is 18.2 Å². The second kappa shape index (κ2) is 7.46. The number of nitrogens with one attached hydrogen (secondary N) is 1. The van der Waals surface area contributed by atoms with Crippen molar-refractivity contribution in [1.29, 1.82) is 0 Å². The van der Waals surface area contributed by atoms with E-state index >= 15 is 0 Å². The summed E-state index contributed by atoms with van der Waals surface area (Å²) in [6.45, 7) is 9.07. The Hall–Kier alpha value is -1.13. The Morgan fingerprint density at radius 2 is 2.32 bits per heavy atom. The minimum Gasteiger partial charge on any atom is -0.377 e. The number of pyridine rings is 1. The number of ether oxygens (including phenoxy) is 1. The first-order valence-electron chi connectivity index (χ1n) is 7.35. The van der Waals surface area contributed by atoms with Gasteiger partial charge in [-0.15, -0.1) is 0 Å². The SMILES string of the molecule is CCNc1cccc(CN(CC)CC2CCCO2)n1. The lowest BCUT2D eigenvalue weighted by molar-refractivity contribution is 0.0721. The van der Waals surface area contributed by atoms with Crippen molar-refractivity contribution in [3.05, 3.63) is 23.9 Å². The van der Waals surface area contributed by atoms with Gasteiger partial charge < -0.3 is 10.1 Å². The standard InChI is InChI=1S/C15H25N3O/c1-3-16-15-9-5-7-13(17-15)11-18(4-2)12-14-8-6-10-19-14/h5,7,9,14H,3-4,6,8,10-12H2,1-2H3,(H,16,17). The predicted octanol–water partition coefficient (Wildman–Crippen LogP) is 2.51. The second-order valence-corrected chi connectivity index (χ2v) is 5.01. The Kier molecular flexibility index (Phi) is 5.61. The van der Waals surface area contributed by atoms with Crippen molar-refractivity contribution in [3.63, 3.8) is 0 Å². The fraction of sp³-hybridized carbons (Fsp3) is 0.667. The molecule has 1 aliphatic rings. The van der Waals surface area contributed by atoms with E-state index in [-0.39, 0.29) is 0 Å². The molecule has 0 aromatic carbocycles. The van der Waals surface area contributed by atoms with E-state index in [1.54, 1.807) is 0 Å². The van der Waals surface area contributed by atoms with Crippen LogP contribution in [0.1, 0.15) is 32.4 Å². The highest BCUT2D eigenvalue weighted by molar-refractivity contribution is 5.34. The monoisotopic (exact) mass is 263 g/mol. The Morgan fingerprint density at radius 3 is 3.00 bits per heavy atom. The normalized spacial score (nSPS) is 19.0. The zero-order valence-corrected chi connectivity index (χ0v) is 12.1. The van der Waals surface area contributed by atoms with Gasteiger partial charge in [-0.2, -0.15) is 0 Å². The zero-order chi connectivity index (χ0) is 13.5. The van der Waals surface area contributed by atoms with Crippen LogP contribution in [0, 0.1) is 0 Å². The van der Waals surface area contributed by atoms with E-state index in [9.17, 15) is 0 Å². The van der Waals surface area contributed by atoms with Crippen LogP contribution in [0.25, 0.3) is 0 Å². The molecule has 19 heavy (non-hydrogen) atoms. The molecule has 1 saturated heterocycles. The van der Waals surface area contributed by atoms with E-state index in [0.717, 1.165) is 44.3 Å². The average Bonchev–Trinajstić information content (AvgIpc) is 2.92. The Bertz CT molecular complexity index is 377. The molecule has 106 valence electrons. The molecule has 0 spiro atoms. The molecule has 0 radical (unpaired) electrons. The van der Waals surface area contributed by atoms with Gasteiger partial charge in [0.1, 0.15) is 5.82 Å². The summed E-state index contributed by atoms with van der Waals surface area (Å²) in [5.41, 5.74) is 1.12.